The molecule has 0 aromatic rings. The van der Waals surface area contributed by atoms with Gasteiger partial charge in [0.1, 0.15) is 5.78 Å². The molecule has 3 unspecified atom stereocenters. The maximum atomic E-state index is 13.2. The summed E-state index contributed by atoms with van der Waals surface area (Å²) in [6, 6.07) is 0. The molecule has 4 saturated carbocycles. The van der Waals surface area contributed by atoms with Crippen LogP contribution in [0.2, 0.25) is 0 Å². The summed E-state index contributed by atoms with van der Waals surface area (Å²) < 4.78 is 0. The van der Waals surface area contributed by atoms with Crippen molar-refractivity contribution in [1.29, 1.82) is 0 Å². The minimum atomic E-state index is -0.421. The van der Waals surface area contributed by atoms with Crippen LogP contribution in [0.1, 0.15) is 85.0 Å². The number of aliphatic hydroxyl groups excluding tert-OH is 1. The molecule has 0 heterocycles. The largest absolute Gasteiger partial charge is 0.411 e. The summed E-state index contributed by atoms with van der Waals surface area (Å²) in [7, 11) is 0. The Balaban J connectivity index is 1.59. The zero-order chi connectivity index (χ0) is 20.6. The average molecular weight is 400 g/mol. The third kappa shape index (κ3) is 2.36. The first-order valence-electron chi connectivity index (χ1n) is 11.9. The molecule has 5 rings (SSSR count). The second-order valence-electron chi connectivity index (χ2n) is 11.4. The fourth-order valence-corrected chi connectivity index (χ4v) is 9.45. The van der Waals surface area contributed by atoms with Crippen molar-refractivity contribution in [3.8, 4) is 0 Å². The van der Waals surface area contributed by atoms with Gasteiger partial charge in [0.05, 0.1) is 11.8 Å². The molecule has 0 spiro atoms. The van der Waals surface area contributed by atoms with Crippen LogP contribution < -0.4 is 0 Å². The van der Waals surface area contributed by atoms with Gasteiger partial charge in [-0.1, -0.05) is 37.9 Å². The first kappa shape index (κ1) is 19.8. The van der Waals surface area contributed by atoms with Gasteiger partial charge in [-0.3, -0.25) is 4.79 Å². The van der Waals surface area contributed by atoms with Gasteiger partial charge in [-0.15, -0.1) is 0 Å². The fourth-order valence-electron chi connectivity index (χ4n) is 9.45. The third-order valence-electron chi connectivity index (χ3n) is 10.7. The SMILES string of the molecule is CC(=O)[C@@]12CCCC[C@@H]1CC1C3C/C(=N\O)C4=C[C@@H](O)CC[C@]4(C)C3CC[C@@]12C. The molecule has 0 saturated heterocycles. The molecule has 5 aliphatic carbocycles. The number of hydrogen-bond donors (Lipinski definition) is 2. The van der Waals surface area contributed by atoms with Gasteiger partial charge in [0.25, 0.3) is 0 Å². The van der Waals surface area contributed by atoms with E-state index < -0.39 is 6.10 Å². The number of oxime groups is 1. The number of allylic oxidation sites excluding steroid dienone is 1. The number of fused-ring (bicyclic) bond motifs is 7. The van der Waals surface area contributed by atoms with Crippen molar-refractivity contribution < 1.29 is 15.1 Å². The molecule has 29 heavy (non-hydrogen) atoms. The lowest BCUT2D eigenvalue weighted by Gasteiger charge is -2.60. The zero-order valence-electron chi connectivity index (χ0n) is 18.3. The summed E-state index contributed by atoms with van der Waals surface area (Å²) in [5.41, 5.74) is 1.83. The van der Waals surface area contributed by atoms with E-state index >= 15 is 0 Å². The Morgan fingerprint density at radius 1 is 1.10 bits per heavy atom. The molecule has 8 atom stereocenters. The maximum absolute atomic E-state index is 13.2. The van der Waals surface area contributed by atoms with Crippen LogP contribution in [0.25, 0.3) is 0 Å². The molecule has 0 aromatic heterocycles. The lowest BCUT2D eigenvalue weighted by Crippen LogP contribution is -2.56. The van der Waals surface area contributed by atoms with Crippen molar-refractivity contribution in [2.45, 2.75) is 91.1 Å². The highest BCUT2D eigenvalue weighted by Gasteiger charge is 2.69. The van der Waals surface area contributed by atoms with Crippen molar-refractivity contribution in [3.63, 3.8) is 0 Å². The van der Waals surface area contributed by atoms with Crippen LogP contribution in [-0.4, -0.2) is 27.9 Å². The molecule has 4 heteroatoms. The van der Waals surface area contributed by atoms with E-state index in [0.717, 1.165) is 49.8 Å². The Labute approximate surface area is 174 Å². The first-order chi connectivity index (χ1) is 13.8. The molecule has 5 aliphatic rings. The number of carbonyl (C=O) groups excluding carboxylic acids is 1. The zero-order valence-corrected chi connectivity index (χ0v) is 18.3. The molecule has 4 nitrogen and oxygen atoms in total. The Kier molecular flexibility index (Phi) is 4.38. The van der Waals surface area contributed by atoms with E-state index in [-0.39, 0.29) is 16.2 Å². The van der Waals surface area contributed by atoms with E-state index in [1.54, 1.807) is 0 Å². The van der Waals surface area contributed by atoms with E-state index in [0.29, 0.717) is 29.5 Å². The van der Waals surface area contributed by atoms with Crippen molar-refractivity contribution in [2.24, 2.45) is 45.1 Å². The van der Waals surface area contributed by atoms with E-state index in [2.05, 4.69) is 19.0 Å². The van der Waals surface area contributed by atoms with Crippen LogP contribution in [-0.2, 0) is 4.79 Å². The maximum Gasteiger partial charge on any atom is 0.136 e. The smallest absolute Gasteiger partial charge is 0.136 e. The lowest BCUT2D eigenvalue weighted by atomic mass is 9.43. The predicted octanol–water partition coefficient (Wildman–Crippen LogP) is 5.13. The van der Waals surface area contributed by atoms with Crippen molar-refractivity contribution in [1.82, 2.24) is 0 Å². The summed E-state index contributed by atoms with van der Waals surface area (Å²) in [6.45, 7) is 6.65. The molecule has 0 bridgehead atoms. The van der Waals surface area contributed by atoms with Gasteiger partial charge >= 0.3 is 0 Å². The molecular weight excluding hydrogens is 362 g/mol. The number of ketones is 1. The summed E-state index contributed by atoms with van der Waals surface area (Å²) in [5, 5.41) is 23.9. The van der Waals surface area contributed by atoms with Gasteiger partial charge in [-0.05, 0) is 98.4 Å². The Hall–Kier alpha value is -1.16. The van der Waals surface area contributed by atoms with Gasteiger partial charge in [-0.2, -0.15) is 0 Å². The topological polar surface area (TPSA) is 69.9 Å². The minimum Gasteiger partial charge on any atom is -0.411 e. The quantitative estimate of drug-likeness (QED) is 0.474. The minimum absolute atomic E-state index is 0.0117. The van der Waals surface area contributed by atoms with Crippen molar-refractivity contribution in [2.75, 3.05) is 0 Å². The van der Waals surface area contributed by atoms with Crippen molar-refractivity contribution in [3.05, 3.63) is 11.6 Å². The average Bonchev–Trinajstić information content (AvgIpc) is 2.98. The fraction of sp³-hybridized carbons (Fsp3) is 0.840. The number of carbonyl (C=O) groups is 1. The molecular formula is C25H37NO3. The molecule has 0 aliphatic heterocycles. The molecule has 4 fully saturated rings. The second-order valence-corrected chi connectivity index (χ2v) is 11.4. The van der Waals surface area contributed by atoms with Gasteiger partial charge in [0.2, 0.25) is 0 Å². The third-order valence-corrected chi connectivity index (χ3v) is 10.7. The number of aliphatic hydroxyl groups is 1. The standard InChI is InChI=1S/C25H37NO3/c1-15(27)25-9-5-4-6-16(25)12-20-18-14-22(26-29)21-13-17(28)7-10-23(21,2)19(18)8-11-24(20,25)3/h13,16-20,28-29H,4-12,14H2,1-3H3/b26-22+/t16-,17+,18?,19?,20?,23-,24+,25+/m1/s1. The van der Waals surface area contributed by atoms with Crippen LogP contribution in [0.4, 0.5) is 0 Å². The van der Waals surface area contributed by atoms with Gasteiger partial charge in [0.15, 0.2) is 0 Å². The Morgan fingerprint density at radius 3 is 2.62 bits per heavy atom. The predicted molar refractivity (Wildman–Crippen MR) is 113 cm³/mol. The summed E-state index contributed by atoms with van der Waals surface area (Å²) in [6.07, 6.45) is 12.3. The van der Waals surface area contributed by atoms with Gasteiger partial charge in [0, 0.05) is 5.41 Å². The second kappa shape index (κ2) is 6.42. The van der Waals surface area contributed by atoms with Crippen LogP contribution in [0.3, 0.4) is 0 Å². The van der Waals surface area contributed by atoms with E-state index in [9.17, 15) is 15.1 Å². The number of Topliss-reactive ketones (excluding diaryl/α,β-unsaturated/α-hetero) is 1. The van der Waals surface area contributed by atoms with E-state index in [1.165, 1.54) is 25.7 Å². The monoisotopic (exact) mass is 399 g/mol. The van der Waals surface area contributed by atoms with Crippen LogP contribution in [0, 0.1) is 39.9 Å². The van der Waals surface area contributed by atoms with Gasteiger partial charge in [-0.25, -0.2) is 0 Å². The normalized spacial score (nSPS) is 52.8. The number of rotatable bonds is 1. The summed E-state index contributed by atoms with van der Waals surface area (Å²) >= 11 is 0. The molecule has 0 amide bonds. The first-order valence-corrected chi connectivity index (χ1v) is 11.9. The highest BCUT2D eigenvalue weighted by molar-refractivity contribution is 6.02. The van der Waals surface area contributed by atoms with Gasteiger partial charge < -0.3 is 10.3 Å². The van der Waals surface area contributed by atoms with Crippen LogP contribution in [0.5, 0.6) is 0 Å². The molecule has 0 aromatic carbocycles. The number of nitrogens with zero attached hydrogens (tertiary/aromatic N) is 1. The number of hydrogen-bond acceptors (Lipinski definition) is 4. The Morgan fingerprint density at radius 2 is 1.90 bits per heavy atom. The Bertz CT molecular complexity index is 787. The molecule has 2 N–H and O–H groups in total. The summed E-state index contributed by atoms with van der Waals surface area (Å²) in [5.74, 6) is 2.56. The van der Waals surface area contributed by atoms with E-state index in [1.807, 2.05) is 13.0 Å². The highest BCUT2D eigenvalue weighted by atomic mass is 16.4. The summed E-state index contributed by atoms with van der Waals surface area (Å²) in [4.78, 5) is 13.2. The molecule has 0 radical (unpaired) electrons. The van der Waals surface area contributed by atoms with E-state index in [4.69, 9.17) is 0 Å². The molecule has 160 valence electrons. The van der Waals surface area contributed by atoms with Crippen molar-refractivity contribution >= 4 is 11.5 Å². The highest BCUT2D eigenvalue weighted by Crippen LogP contribution is 2.73. The van der Waals surface area contributed by atoms with Crippen LogP contribution >= 0.6 is 0 Å². The lowest BCUT2D eigenvalue weighted by molar-refractivity contribution is -0.147. The van der Waals surface area contributed by atoms with Crippen LogP contribution in [0.15, 0.2) is 16.8 Å².